The number of hydrogen-bond donors (Lipinski definition) is 0. The summed E-state index contributed by atoms with van der Waals surface area (Å²) in [5, 5.41) is 0. The third-order valence-electron chi connectivity index (χ3n) is 11.8. The molecule has 0 aromatic heterocycles. The number of allylic oxidation sites excluding steroid dienone is 6. The predicted octanol–water partition coefficient (Wildman–Crippen LogP) is 17.7. The average Bonchev–Trinajstić information content (AvgIpc) is 3.27. The second-order valence-corrected chi connectivity index (χ2v) is 18.1. The Morgan fingerprint density at radius 2 is 0.532 bits per heavy atom. The van der Waals surface area contributed by atoms with Gasteiger partial charge in [-0.05, 0) is 96.3 Å². The molecule has 1 unspecified atom stereocenters. The monoisotopic (exact) mass is 871 g/mol. The second kappa shape index (κ2) is 51.3. The molecule has 0 saturated carbocycles. The molecular weight excluding hydrogens is 769 g/mol. The van der Waals surface area contributed by atoms with E-state index in [4.69, 9.17) is 14.2 Å². The fraction of sp³-hybridized carbons (Fsp3) is 0.839. The average molecular weight is 871 g/mol. The van der Waals surface area contributed by atoms with Crippen molar-refractivity contribution in [3.8, 4) is 0 Å². The Balaban J connectivity index is 4.38. The van der Waals surface area contributed by atoms with Crippen LogP contribution in [0.5, 0.6) is 0 Å². The lowest BCUT2D eigenvalue weighted by molar-refractivity contribution is -0.167. The van der Waals surface area contributed by atoms with Crippen molar-refractivity contribution in [2.45, 2.75) is 290 Å². The molecule has 0 amide bonds. The van der Waals surface area contributed by atoms with E-state index in [1.54, 1.807) is 0 Å². The molecule has 0 aliphatic rings. The second-order valence-electron chi connectivity index (χ2n) is 18.1. The van der Waals surface area contributed by atoms with Gasteiger partial charge in [0, 0.05) is 19.3 Å². The molecule has 0 heterocycles. The number of hydrogen-bond acceptors (Lipinski definition) is 6. The van der Waals surface area contributed by atoms with Gasteiger partial charge in [0.05, 0.1) is 0 Å². The molecular formula is C56H102O6. The molecule has 0 aromatic rings. The molecule has 0 saturated heterocycles. The van der Waals surface area contributed by atoms with Crippen LogP contribution in [0.2, 0.25) is 0 Å². The molecule has 0 aromatic carbocycles. The lowest BCUT2D eigenvalue weighted by atomic mass is 10.1. The van der Waals surface area contributed by atoms with E-state index in [2.05, 4.69) is 57.2 Å². The predicted molar refractivity (Wildman–Crippen MR) is 266 cm³/mol. The molecule has 0 bridgehead atoms. The van der Waals surface area contributed by atoms with Crippen molar-refractivity contribution in [2.24, 2.45) is 0 Å². The zero-order chi connectivity index (χ0) is 45.1. The molecule has 6 nitrogen and oxygen atoms in total. The van der Waals surface area contributed by atoms with Crippen LogP contribution in [0.4, 0.5) is 0 Å². The molecule has 6 heteroatoms. The van der Waals surface area contributed by atoms with Gasteiger partial charge in [0.25, 0.3) is 0 Å². The van der Waals surface area contributed by atoms with Crippen LogP contribution in [0.25, 0.3) is 0 Å². The Morgan fingerprint density at radius 1 is 0.306 bits per heavy atom. The fourth-order valence-corrected chi connectivity index (χ4v) is 7.72. The summed E-state index contributed by atoms with van der Waals surface area (Å²) < 4.78 is 16.8. The van der Waals surface area contributed by atoms with Gasteiger partial charge in [0.2, 0.25) is 0 Å². The quantitative estimate of drug-likeness (QED) is 0.0262. The largest absolute Gasteiger partial charge is 0.462 e. The zero-order valence-electron chi connectivity index (χ0n) is 41.4. The van der Waals surface area contributed by atoms with Gasteiger partial charge in [-0.25, -0.2) is 0 Å². The molecule has 0 rings (SSSR count). The number of ether oxygens (including phenoxy) is 3. The van der Waals surface area contributed by atoms with E-state index in [0.29, 0.717) is 19.3 Å². The summed E-state index contributed by atoms with van der Waals surface area (Å²) in [6.07, 6.45) is 59.9. The fourth-order valence-electron chi connectivity index (χ4n) is 7.72. The van der Waals surface area contributed by atoms with Gasteiger partial charge in [0.1, 0.15) is 13.2 Å². The van der Waals surface area contributed by atoms with Gasteiger partial charge in [0.15, 0.2) is 6.10 Å². The third-order valence-corrected chi connectivity index (χ3v) is 11.8. The van der Waals surface area contributed by atoms with Crippen molar-refractivity contribution < 1.29 is 28.6 Å². The Labute approximate surface area is 385 Å². The standard InChI is InChI=1S/C56H102O6/c1-4-7-10-13-16-19-22-25-27-28-29-32-34-37-40-43-46-49-55(58)61-52-53(51-60-54(57)48-45-42-39-36-33-30-24-21-18-15-12-9-6-3)62-56(59)50-47-44-41-38-35-31-26-23-20-17-14-11-8-5-2/h25,27,30-31,33,35,53H,4-24,26,28-29,32,34,36-52H2,1-3H3/b27-25-,33-30-,35-31-. The summed E-state index contributed by atoms with van der Waals surface area (Å²) in [4.78, 5) is 38.0. The van der Waals surface area contributed by atoms with Gasteiger partial charge in [-0.3, -0.25) is 14.4 Å². The Kier molecular flexibility index (Phi) is 49.3. The maximum atomic E-state index is 12.8. The first-order valence-electron chi connectivity index (χ1n) is 27.0. The Bertz CT molecular complexity index is 1050. The molecule has 0 fully saturated rings. The topological polar surface area (TPSA) is 78.9 Å². The molecule has 0 spiro atoms. The number of unbranched alkanes of at least 4 members (excludes halogenated alkanes) is 32. The number of carbonyl (C=O) groups is 3. The first kappa shape index (κ1) is 59.6. The highest BCUT2D eigenvalue weighted by Gasteiger charge is 2.19. The molecule has 0 aliphatic heterocycles. The first-order valence-corrected chi connectivity index (χ1v) is 27.0. The van der Waals surface area contributed by atoms with Crippen molar-refractivity contribution in [2.75, 3.05) is 13.2 Å². The van der Waals surface area contributed by atoms with E-state index in [9.17, 15) is 14.4 Å². The van der Waals surface area contributed by atoms with Crippen LogP contribution < -0.4 is 0 Å². The minimum Gasteiger partial charge on any atom is -0.462 e. The summed E-state index contributed by atoms with van der Waals surface area (Å²) in [6, 6.07) is 0. The van der Waals surface area contributed by atoms with Gasteiger partial charge < -0.3 is 14.2 Å². The van der Waals surface area contributed by atoms with E-state index >= 15 is 0 Å². The van der Waals surface area contributed by atoms with Gasteiger partial charge in [-0.15, -0.1) is 0 Å². The normalized spacial score (nSPS) is 12.2. The van der Waals surface area contributed by atoms with Crippen molar-refractivity contribution in [1.29, 1.82) is 0 Å². The Hall–Kier alpha value is -2.37. The van der Waals surface area contributed by atoms with Gasteiger partial charge >= 0.3 is 17.9 Å². The van der Waals surface area contributed by atoms with Crippen molar-refractivity contribution in [3.63, 3.8) is 0 Å². The van der Waals surface area contributed by atoms with Crippen LogP contribution >= 0.6 is 0 Å². The van der Waals surface area contributed by atoms with E-state index in [1.165, 1.54) is 161 Å². The van der Waals surface area contributed by atoms with Gasteiger partial charge in [-0.1, -0.05) is 205 Å². The van der Waals surface area contributed by atoms with E-state index < -0.39 is 6.10 Å². The summed E-state index contributed by atoms with van der Waals surface area (Å²) >= 11 is 0. The SMILES string of the molecule is CCCCCCCC/C=C\CCCCCCCCCC(=O)OCC(COC(=O)CCCCC/C=C\CCCCCCCC)OC(=O)CCCCC/C=C\CCCCCCCCC. The highest BCUT2D eigenvalue weighted by Crippen LogP contribution is 2.14. The molecule has 0 radical (unpaired) electrons. The zero-order valence-corrected chi connectivity index (χ0v) is 41.4. The van der Waals surface area contributed by atoms with E-state index in [-0.39, 0.29) is 31.1 Å². The minimum atomic E-state index is -0.785. The number of esters is 3. The number of rotatable bonds is 49. The van der Waals surface area contributed by atoms with Gasteiger partial charge in [-0.2, -0.15) is 0 Å². The van der Waals surface area contributed by atoms with Crippen LogP contribution in [0.3, 0.4) is 0 Å². The third kappa shape index (κ3) is 48.7. The highest BCUT2D eigenvalue weighted by atomic mass is 16.6. The van der Waals surface area contributed by atoms with E-state index in [0.717, 1.165) is 83.5 Å². The summed E-state index contributed by atoms with van der Waals surface area (Å²) in [5.41, 5.74) is 0. The summed E-state index contributed by atoms with van der Waals surface area (Å²) in [7, 11) is 0. The van der Waals surface area contributed by atoms with Crippen LogP contribution in [-0.2, 0) is 28.6 Å². The molecule has 0 N–H and O–H groups in total. The molecule has 362 valence electrons. The molecule has 62 heavy (non-hydrogen) atoms. The lowest BCUT2D eigenvalue weighted by Gasteiger charge is -2.18. The maximum absolute atomic E-state index is 12.8. The van der Waals surface area contributed by atoms with Crippen molar-refractivity contribution >= 4 is 17.9 Å². The Morgan fingerprint density at radius 3 is 0.823 bits per heavy atom. The van der Waals surface area contributed by atoms with Crippen molar-refractivity contribution in [1.82, 2.24) is 0 Å². The summed E-state index contributed by atoms with van der Waals surface area (Å²) in [5.74, 6) is -0.910. The smallest absolute Gasteiger partial charge is 0.306 e. The van der Waals surface area contributed by atoms with Crippen LogP contribution in [0, 0.1) is 0 Å². The first-order chi connectivity index (χ1) is 30.5. The summed E-state index contributed by atoms with van der Waals surface area (Å²) in [6.45, 7) is 6.61. The minimum absolute atomic E-state index is 0.0835. The maximum Gasteiger partial charge on any atom is 0.306 e. The van der Waals surface area contributed by atoms with Crippen molar-refractivity contribution in [3.05, 3.63) is 36.5 Å². The van der Waals surface area contributed by atoms with Crippen LogP contribution in [0.1, 0.15) is 284 Å². The number of carbonyl (C=O) groups excluding carboxylic acids is 3. The lowest BCUT2D eigenvalue weighted by Crippen LogP contribution is -2.30. The molecule has 0 aliphatic carbocycles. The highest BCUT2D eigenvalue weighted by molar-refractivity contribution is 5.71. The molecule has 1 atom stereocenters. The van der Waals surface area contributed by atoms with Crippen LogP contribution in [-0.4, -0.2) is 37.2 Å². The van der Waals surface area contributed by atoms with E-state index in [1.807, 2.05) is 0 Å². The van der Waals surface area contributed by atoms with Crippen LogP contribution in [0.15, 0.2) is 36.5 Å².